The first kappa shape index (κ1) is 15.9. The standard InChI is InChI=1S/C20H26O4/c1-20-7-6-15-14-5-3-13(21)8-11(14)2-4-16(15)17(20)9-12(19(20)24)10-18(22)23/h3,5,8,12,15-17,19,21,24H,2,4,6-7,9-10H2,1H3,(H,22,23)/t12-,15+,16+,17-,19-,20-/m0/s1. The summed E-state index contributed by atoms with van der Waals surface area (Å²) in [6.45, 7) is 2.17. The Balaban J connectivity index is 1.65. The topological polar surface area (TPSA) is 77.8 Å². The number of aliphatic hydroxyl groups excluding tert-OH is 1. The minimum absolute atomic E-state index is 0.0785. The SMILES string of the molecule is C[C@]12CC[C@@H]3c4ccc(O)cc4CC[C@H]3[C@@H]1C[C@@H](CC(=O)O)[C@@H]2O. The number of aryl methyl sites for hydroxylation is 1. The van der Waals surface area contributed by atoms with Crippen LogP contribution in [0.3, 0.4) is 0 Å². The average Bonchev–Trinajstić information content (AvgIpc) is 2.78. The third-order valence-electron chi connectivity index (χ3n) is 7.26. The van der Waals surface area contributed by atoms with Gasteiger partial charge in [0.25, 0.3) is 0 Å². The second-order valence-corrected chi connectivity index (χ2v) is 8.38. The Hall–Kier alpha value is -1.55. The van der Waals surface area contributed by atoms with Gasteiger partial charge in [-0.05, 0) is 84.5 Å². The Morgan fingerprint density at radius 2 is 2.12 bits per heavy atom. The van der Waals surface area contributed by atoms with Crippen molar-refractivity contribution >= 4 is 5.97 Å². The molecule has 0 unspecified atom stereocenters. The molecular formula is C20H26O4. The van der Waals surface area contributed by atoms with Crippen molar-refractivity contribution in [3.63, 3.8) is 0 Å². The van der Waals surface area contributed by atoms with Gasteiger partial charge in [0.1, 0.15) is 5.75 Å². The molecule has 0 aromatic heterocycles. The van der Waals surface area contributed by atoms with Crippen molar-refractivity contribution in [2.45, 2.75) is 57.5 Å². The number of benzene rings is 1. The maximum absolute atomic E-state index is 11.2. The molecule has 0 amide bonds. The van der Waals surface area contributed by atoms with Gasteiger partial charge >= 0.3 is 5.97 Å². The number of hydrogen-bond acceptors (Lipinski definition) is 3. The van der Waals surface area contributed by atoms with Crippen LogP contribution in [0.25, 0.3) is 0 Å². The highest BCUT2D eigenvalue weighted by molar-refractivity contribution is 5.67. The second-order valence-electron chi connectivity index (χ2n) is 8.38. The number of fused-ring (bicyclic) bond motifs is 5. The lowest BCUT2D eigenvalue weighted by molar-refractivity contribution is -0.139. The lowest BCUT2D eigenvalue weighted by atomic mass is 9.55. The van der Waals surface area contributed by atoms with Crippen molar-refractivity contribution < 1.29 is 20.1 Å². The average molecular weight is 330 g/mol. The Morgan fingerprint density at radius 3 is 2.88 bits per heavy atom. The zero-order valence-corrected chi connectivity index (χ0v) is 14.1. The molecule has 3 aliphatic rings. The van der Waals surface area contributed by atoms with Crippen LogP contribution in [0.4, 0.5) is 0 Å². The number of carbonyl (C=O) groups is 1. The smallest absolute Gasteiger partial charge is 0.303 e. The molecule has 4 nitrogen and oxygen atoms in total. The van der Waals surface area contributed by atoms with Crippen molar-refractivity contribution in [2.75, 3.05) is 0 Å². The van der Waals surface area contributed by atoms with E-state index in [1.54, 1.807) is 6.07 Å². The number of carboxylic acid groups (broad SMARTS) is 1. The number of aliphatic hydroxyl groups is 1. The molecule has 0 saturated heterocycles. The normalized spacial score (nSPS) is 40.5. The van der Waals surface area contributed by atoms with E-state index in [0.717, 1.165) is 32.1 Å². The molecule has 24 heavy (non-hydrogen) atoms. The molecule has 1 aromatic carbocycles. The highest BCUT2D eigenvalue weighted by Crippen LogP contribution is 2.62. The molecule has 1 aromatic rings. The van der Waals surface area contributed by atoms with Gasteiger partial charge < -0.3 is 15.3 Å². The van der Waals surface area contributed by atoms with E-state index in [-0.39, 0.29) is 17.8 Å². The van der Waals surface area contributed by atoms with Gasteiger partial charge in [-0.1, -0.05) is 13.0 Å². The number of rotatable bonds is 2. The Morgan fingerprint density at radius 1 is 1.33 bits per heavy atom. The molecule has 0 radical (unpaired) electrons. The molecule has 6 atom stereocenters. The molecule has 2 fully saturated rings. The van der Waals surface area contributed by atoms with Crippen LogP contribution in [0.1, 0.15) is 56.1 Å². The van der Waals surface area contributed by atoms with E-state index in [4.69, 9.17) is 5.11 Å². The van der Waals surface area contributed by atoms with Crippen LogP contribution >= 0.6 is 0 Å². The minimum Gasteiger partial charge on any atom is -0.508 e. The fourth-order valence-corrected chi connectivity index (χ4v) is 6.14. The van der Waals surface area contributed by atoms with Crippen molar-refractivity contribution in [3.05, 3.63) is 29.3 Å². The first-order valence-corrected chi connectivity index (χ1v) is 9.12. The van der Waals surface area contributed by atoms with Crippen LogP contribution in [0.15, 0.2) is 18.2 Å². The molecule has 0 bridgehead atoms. The van der Waals surface area contributed by atoms with E-state index in [1.807, 2.05) is 6.07 Å². The number of phenols is 1. The number of carboxylic acids is 1. The lowest BCUT2D eigenvalue weighted by Gasteiger charge is -2.50. The molecule has 0 spiro atoms. The predicted molar refractivity (Wildman–Crippen MR) is 89.9 cm³/mol. The summed E-state index contributed by atoms with van der Waals surface area (Å²) in [6.07, 6.45) is 4.46. The van der Waals surface area contributed by atoms with Gasteiger partial charge in [0, 0.05) is 0 Å². The van der Waals surface area contributed by atoms with Crippen molar-refractivity contribution in [2.24, 2.45) is 23.2 Å². The Bertz CT molecular complexity index is 670. The number of phenolic OH excluding ortho intramolecular Hbond substituents is 1. The highest BCUT2D eigenvalue weighted by Gasteiger charge is 2.58. The van der Waals surface area contributed by atoms with Gasteiger partial charge in [0.05, 0.1) is 12.5 Å². The van der Waals surface area contributed by atoms with Crippen LogP contribution in [0.5, 0.6) is 5.75 Å². The van der Waals surface area contributed by atoms with Crippen LogP contribution in [0, 0.1) is 23.2 Å². The largest absolute Gasteiger partial charge is 0.508 e. The first-order valence-electron chi connectivity index (χ1n) is 9.12. The summed E-state index contributed by atoms with van der Waals surface area (Å²) in [5, 5.41) is 29.7. The zero-order valence-electron chi connectivity index (χ0n) is 14.1. The maximum Gasteiger partial charge on any atom is 0.303 e. The van der Waals surface area contributed by atoms with Gasteiger partial charge in [0.15, 0.2) is 0 Å². The fourth-order valence-electron chi connectivity index (χ4n) is 6.14. The molecule has 4 rings (SSSR count). The first-order chi connectivity index (χ1) is 11.4. The summed E-state index contributed by atoms with van der Waals surface area (Å²) in [7, 11) is 0. The van der Waals surface area contributed by atoms with E-state index in [0.29, 0.717) is 23.5 Å². The summed E-state index contributed by atoms with van der Waals surface area (Å²) in [4.78, 5) is 11.2. The number of aliphatic carboxylic acids is 1. The monoisotopic (exact) mass is 330 g/mol. The van der Waals surface area contributed by atoms with Crippen LogP contribution < -0.4 is 0 Å². The summed E-state index contributed by atoms with van der Waals surface area (Å²) in [5.41, 5.74) is 2.48. The summed E-state index contributed by atoms with van der Waals surface area (Å²) in [6, 6.07) is 5.76. The molecule has 0 aliphatic heterocycles. The third-order valence-corrected chi connectivity index (χ3v) is 7.26. The molecule has 4 heteroatoms. The lowest BCUT2D eigenvalue weighted by Crippen LogP contribution is -2.44. The summed E-state index contributed by atoms with van der Waals surface area (Å²) < 4.78 is 0. The van der Waals surface area contributed by atoms with Gasteiger partial charge in [0.2, 0.25) is 0 Å². The summed E-state index contributed by atoms with van der Waals surface area (Å²) in [5.74, 6) is 0.834. The van der Waals surface area contributed by atoms with Gasteiger partial charge in [-0.25, -0.2) is 0 Å². The van der Waals surface area contributed by atoms with Gasteiger partial charge in [-0.2, -0.15) is 0 Å². The molecule has 2 saturated carbocycles. The van der Waals surface area contributed by atoms with Crippen molar-refractivity contribution in [1.29, 1.82) is 0 Å². The molecular weight excluding hydrogens is 304 g/mol. The van der Waals surface area contributed by atoms with E-state index >= 15 is 0 Å². The second kappa shape index (κ2) is 5.48. The molecule has 130 valence electrons. The number of aromatic hydroxyl groups is 1. The minimum atomic E-state index is -0.803. The van der Waals surface area contributed by atoms with Gasteiger partial charge in [-0.15, -0.1) is 0 Å². The van der Waals surface area contributed by atoms with Crippen molar-refractivity contribution in [3.8, 4) is 5.75 Å². The van der Waals surface area contributed by atoms with Crippen LogP contribution in [0.2, 0.25) is 0 Å². The molecule has 0 heterocycles. The molecule has 3 N–H and O–H groups in total. The quantitative estimate of drug-likeness (QED) is 0.777. The third kappa shape index (κ3) is 2.26. The van der Waals surface area contributed by atoms with E-state index in [1.165, 1.54) is 11.1 Å². The Labute approximate surface area is 142 Å². The predicted octanol–water partition coefficient (Wildman–Crippen LogP) is 3.31. The van der Waals surface area contributed by atoms with Gasteiger partial charge in [-0.3, -0.25) is 4.79 Å². The fraction of sp³-hybridized carbons (Fsp3) is 0.650. The Kier molecular flexibility index (Phi) is 3.64. The van der Waals surface area contributed by atoms with Crippen LogP contribution in [-0.4, -0.2) is 27.4 Å². The van der Waals surface area contributed by atoms with Crippen molar-refractivity contribution in [1.82, 2.24) is 0 Å². The van der Waals surface area contributed by atoms with E-state index < -0.39 is 12.1 Å². The summed E-state index contributed by atoms with van der Waals surface area (Å²) >= 11 is 0. The molecule has 3 aliphatic carbocycles. The van der Waals surface area contributed by atoms with E-state index in [2.05, 4.69) is 13.0 Å². The van der Waals surface area contributed by atoms with Crippen LogP contribution in [-0.2, 0) is 11.2 Å². The maximum atomic E-state index is 11.2. The number of hydrogen-bond donors (Lipinski definition) is 3. The zero-order chi connectivity index (χ0) is 17.1. The highest BCUT2D eigenvalue weighted by atomic mass is 16.4. The van der Waals surface area contributed by atoms with E-state index in [9.17, 15) is 15.0 Å².